The Morgan fingerprint density at radius 1 is 1.46 bits per heavy atom. The first-order valence-electron chi connectivity index (χ1n) is 6.89. The number of anilines is 1. The number of nitrogens with zero attached hydrogens (tertiary/aromatic N) is 6. The number of rotatable bonds is 5. The van der Waals surface area contributed by atoms with Crippen LogP contribution in [0, 0.1) is 0 Å². The molecule has 0 aliphatic rings. The minimum Gasteiger partial charge on any atom is -0.289 e. The average Bonchev–Trinajstić information content (AvgIpc) is 2.96. The van der Waals surface area contributed by atoms with Gasteiger partial charge in [0.25, 0.3) is 5.91 Å². The minimum absolute atomic E-state index is 0.00451. The van der Waals surface area contributed by atoms with E-state index in [1.54, 1.807) is 0 Å². The molecule has 1 heterocycles. The van der Waals surface area contributed by atoms with Gasteiger partial charge in [0.05, 0.1) is 28.9 Å². The van der Waals surface area contributed by atoms with Crippen LogP contribution in [-0.2, 0) is 18.1 Å². The Balaban J connectivity index is 2.47. The second-order valence-electron chi connectivity index (χ2n) is 4.87. The molecule has 0 saturated carbocycles. The van der Waals surface area contributed by atoms with Gasteiger partial charge in [-0.2, -0.15) is 13.2 Å². The van der Waals surface area contributed by atoms with Gasteiger partial charge in [0.1, 0.15) is 6.34 Å². The molecule has 13 heteroatoms. The fourth-order valence-corrected chi connectivity index (χ4v) is 2.08. The Bertz CT molecular complexity index is 838. The van der Waals surface area contributed by atoms with Crippen LogP contribution in [0.5, 0.6) is 0 Å². The standard InChI is InChI=1S/C13H13ClF3N7O2/c1-23(26-3)6-18-10-8(13(15,16)17)5-4-7(9(10)14)11(25)19-12-20-21-22-24(12)2/h4-6H,1-3H3,(H,19,20,22,25). The highest BCUT2D eigenvalue weighted by molar-refractivity contribution is 6.37. The summed E-state index contributed by atoms with van der Waals surface area (Å²) in [6, 6.07) is 1.67. The van der Waals surface area contributed by atoms with Crippen molar-refractivity contribution in [2.45, 2.75) is 6.18 Å². The third-order valence-corrected chi connectivity index (χ3v) is 3.53. The molecule has 140 valence electrons. The molecule has 0 bridgehead atoms. The number of aliphatic imine (C=N–C) groups is 1. The number of nitrogens with one attached hydrogen (secondary N) is 1. The van der Waals surface area contributed by atoms with Crippen LogP contribution in [0.2, 0.25) is 5.02 Å². The van der Waals surface area contributed by atoms with Gasteiger partial charge in [-0.15, -0.1) is 0 Å². The van der Waals surface area contributed by atoms with Crippen LogP contribution >= 0.6 is 11.6 Å². The van der Waals surface area contributed by atoms with Crippen LogP contribution in [0.1, 0.15) is 15.9 Å². The molecule has 1 aromatic heterocycles. The summed E-state index contributed by atoms with van der Waals surface area (Å²) in [5.74, 6) is -0.798. The lowest BCUT2D eigenvalue weighted by atomic mass is 10.1. The highest BCUT2D eigenvalue weighted by Gasteiger charge is 2.35. The van der Waals surface area contributed by atoms with Crippen molar-refractivity contribution >= 4 is 35.5 Å². The average molecular weight is 392 g/mol. The summed E-state index contributed by atoms with van der Waals surface area (Å²) in [6.45, 7) is 0. The number of carbonyl (C=O) groups excluding carboxylic acids is 1. The molecule has 9 nitrogen and oxygen atoms in total. The molecule has 0 fully saturated rings. The molecule has 1 amide bonds. The number of aryl methyl sites for hydroxylation is 1. The lowest BCUT2D eigenvalue weighted by molar-refractivity contribution is -0.137. The van der Waals surface area contributed by atoms with Crippen molar-refractivity contribution in [3.8, 4) is 0 Å². The molecular weight excluding hydrogens is 379 g/mol. The van der Waals surface area contributed by atoms with Crippen molar-refractivity contribution in [2.24, 2.45) is 12.0 Å². The fourth-order valence-electron chi connectivity index (χ4n) is 1.79. The first-order chi connectivity index (χ1) is 12.1. The maximum absolute atomic E-state index is 13.2. The van der Waals surface area contributed by atoms with Gasteiger partial charge in [0, 0.05) is 14.1 Å². The van der Waals surface area contributed by atoms with E-state index < -0.39 is 28.4 Å². The lowest BCUT2D eigenvalue weighted by Crippen LogP contribution is -2.17. The van der Waals surface area contributed by atoms with Crippen molar-refractivity contribution < 1.29 is 22.8 Å². The minimum atomic E-state index is -4.72. The Labute approximate surface area is 150 Å². The largest absolute Gasteiger partial charge is 0.418 e. The number of tetrazole rings is 1. The zero-order valence-corrected chi connectivity index (χ0v) is 14.5. The molecule has 0 aliphatic heterocycles. The number of hydrogen-bond acceptors (Lipinski definition) is 6. The predicted molar refractivity (Wildman–Crippen MR) is 86.1 cm³/mol. The summed E-state index contributed by atoms with van der Waals surface area (Å²) in [4.78, 5) is 20.8. The zero-order chi connectivity index (χ0) is 19.5. The van der Waals surface area contributed by atoms with E-state index in [1.807, 2.05) is 0 Å². The van der Waals surface area contributed by atoms with Crippen LogP contribution in [0.25, 0.3) is 0 Å². The molecule has 0 spiro atoms. The van der Waals surface area contributed by atoms with Crippen molar-refractivity contribution in [2.75, 3.05) is 19.5 Å². The molecule has 1 aromatic carbocycles. The number of benzene rings is 1. The molecule has 26 heavy (non-hydrogen) atoms. The molecule has 1 N–H and O–H groups in total. The first-order valence-corrected chi connectivity index (χ1v) is 7.27. The fraction of sp³-hybridized carbons (Fsp3) is 0.308. The highest BCUT2D eigenvalue weighted by Crippen LogP contribution is 2.41. The Morgan fingerprint density at radius 2 is 2.15 bits per heavy atom. The van der Waals surface area contributed by atoms with Gasteiger partial charge < -0.3 is 0 Å². The summed E-state index contributed by atoms with van der Waals surface area (Å²) in [5.41, 5.74) is -1.94. The van der Waals surface area contributed by atoms with Crippen LogP contribution < -0.4 is 5.32 Å². The number of aromatic nitrogens is 4. The van der Waals surface area contributed by atoms with E-state index in [0.717, 1.165) is 23.5 Å². The first kappa shape index (κ1) is 19.6. The van der Waals surface area contributed by atoms with Gasteiger partial charge >= 0.3 is 6.18 Å². The zero-order valence-electron chi connectivity index (χ0n) is 13.7. The molecule has 0 radical (unpaired) electrons. The number of hydrogen-bond donors (Lipinski definition) is 1. The summed E-state index contributed by atoms with van der Waals surface area (Å²) in [5, 5.41) is 13.3. The van der Waals surface area contributed by atoms with Gasteiger partial charge in [-0.05, 0) is 22.6 Å². The number of hydroxylamine groups is 2. The molecule has 2 rings (SSSR count). The molecule has 0 aliphatic carbocycles. The van der Waals surface area contributed by atoms with Crippen LogP contribution in [0.15, 0.2) is 17.1 Å². The number of carbonyl (C=O) groups is 1. The lowest BCUT2D eigenvalue weighted by Gasteiger charge is -2.15. The van der Waals surface area contributed by atoms with E-state index in [0.29, 0.717) is 0 Å². The summed E-state index contributed by atoms with van der Waals surface area (Å²) in [6.07, 6.45) is -3.73. The monoisotopic (exact) mass is 391 g/mol. The van der Waals surface area contributed by atoms with Crippen LogP contribution in [0.3, 0.4) is 0 Å². The smallest absolute Gasteiger partial charge is 0.289 e. The molecule has 0 atom stereocenters. The van der Waals surface area contributed by atoms with Crippen LogP contribution in [-0.4, -0.2) is 51.7 Å². The highest BCUT2D eigenvalue weighted by atomic mass is 35.5. The second kappa shape index (κ2) is 7.66. The quantitative estimate of drug-likeness (QED) is 0.477. The summed E-state index contributed by atoms with van der Waals surface area (Å²) in [7, 11) is 4.19. The van der Waals surface area contributed by atoms with E-state index in [-0.39, 0.29) is 11.5 Å². The summed E-state index contributed by atoms with van der Waals surface area (Å²) >= 11 is 6.03. The van der Waals surface area contributed by atoms with Crippen molar-refractivity contribution in [3.63, 3.8) is 0 Å². The van der Waals surface area contributed by atoms with Gasteiger partial charge in [-0.25, -0.2) is 14.7 Å². The van der Waals surface area contributed by atoms with Gasteiger partial charge in [0.2, 0.25) is 5.95 Å². The topological polar surface area (TPSA) is 97.5 Å². The SMILES string of the molecule is CON(C)C=Nc1c(C(F)(F)F)ccc(C(=O)Nc2nnnn2C)c1Cl. The molecule has 2 aromatic rings. The van der Waals surface area contributed by atoms with E-state index in [1.165, 1.54) is 25.9 Å². The molecule has 0 unspecified atom stereocenters. The maximum Gasteiger partial charge on any atom is 0.418 e. The third kappa shape index (κ3) is 4.26. The van der Waals surface area contributed by atoms with Crippen LogP contribution in [0.4, 0.5) is 24.8 Å². The number of halogens is 4. The maximum atomic E-state index is 13.2. The summed E-state index contributed by atoms with van der Waals surface area (Å²) < 4.78 is 40.8. The number of alkyl halides is 3. The second-order valence-corrected chi connectivity index (χ2v) is 5.25. The van der Waals surface area contributed by atoms with Crippen molar-refractivity contribution in [3.05, 3.63) is 28.3 Å². The van der Waals surface area contributed by atoms with Crippen molar-refractivity contribution in [1.82, 2.24) is 25.3 Å². The normalized spacial score (nSPS) is 11.8. The van der Waals surface area contributed by atoms with E-state index in [4.69, 9.17) is 16.4 Å². The van der Waals surface area contributed by atoms with Gasteiger partial charge in [-0.3, -0.25) is 14.9 Å². The predicted octanol–water partition coefficient (Wildman–Crippen LogP) is 2.29. The molecule has 0 saturated heterocycles. The number of amides is 1. The molecular formula is C13H13ClF3N7O2. The Kier molecular flexibility index (Phi) is 5.77. The van der Waals surface area contributed by atoms with E-state index in [2.05, 4.69) is 25.8 Å². The Morgan fingerprint density at radius 3 is 2.69 bits per heavy atom. The van der Waals surface area contributed by atoms with Gasteiger partial charge in [0.15, 0.2) is 0 Å². The third-order valence-electron chi connectivity index (χ3n) is 3.15. The van der Waals surface area contributed by atoms with Gasteiger partial charge in [-0.1, -0.05) is 16.7 Å². The van der Waals surface area contributed by atoms with E-state index >= 15 is 0 Å². The Hall–Kier alpha value is -2.73. The van der Waals surface area contributed by atoms with Crippen molar-refractivity contribution in [1.29, 1.82) is 0 Å². The van der Waals surface area contributed by atoms with E-state index in [9.17, 15) is 18.0 Å².